The minimum Gasteiger partial charge on any atom is -0.385 e. The van der Waals surface area contributed by atoms with Crippen molar-refractivity contribution in [1.82, 2.24) is 0 Å². The fourth-order valence-corrected chi connectivity index (χ4v) is 2.55. The smallest absolute Gasteiger partial charge is 0.385 e. The number of halogens is 5. The number of rotatable bonds is 1. The van der Waals surface area contributed by atoms with Crippen LogP contribution in [0, 0.1) is 17.6 Å². The molecule has 1 aromatic rings. The molecule has 1 aromatic carbocycles. The van der Waals surface area contributed by atoms with E-state index in [4.69, 9.17) is 0 Å². The Morgan fingerprint density at radius 3 is 2.21 bits per heavy atom. The highest BCUT2D eigenvalue weighted by Gasteiger charge is 2.46. The van der Waals surface area contributed by atoms with Crippen LogP contribution in [0.2, 0.25) is 0 Å². The Labute approximate surface area is 107 Å². The van der Waals surface area contributed by atoms with E-state index in [1.165, 1.54) is 0 Å². The molecule has 0 bridgehead atoms. The molecule has 0 aromatic heterocycles. The Morgan fingerprint density at radius 1 is 1.11 bits per heavy atom. The van der Waals surface area contributed by atoms with Crippen LogP contribution in [0.4, 0.5) is 22.0 Å². The van der Waals surface area contributed by atoms with Crippen molar-refractivity contribution < 1.29 is 27.1 Å². The average molecular weight is 280 g/mol. The first-order valence-electron chi connectivity index (χ1n) is 5.97. The Morgan fingerprint density at radius 2 is 1.68 bits per heavy atom. The molecule has 0 amide bonds. The van der Waals surface area contributed by atoms with E-state index in [-0.39, 0.29) is 31.2 Å². The molecule has 0 radical (unpaired) electrons. The lowest BCUT2D eigenvalue weighted by molar-refractivity contribution is -0.193. The minimum absolute atomic E-state index is 0.225. The summed E-state index contributed by atoms with van der Waals surface area (Å²) in [5.41, 5.74) is -1.97. The van der Waals surface area contributed by atoms with E-state index < -0.39 is 29.3 Å². The summed E-state index contributed by atoms with van der Waals surface area (Å²) in [6, 6.07) is 2.63. The van der Waals surface area contributed by atoms with Gasteiger partial charge in [-0.25, -0.2) is 8.78 Å². The molecule has 1 aliphatic carbocycles. The van der Waals surface area contributed by atoms with Crippen LogP contribution in [0.3, 0.4) is 0 Å². The summed E-state index contributed by atoms with van der Waals surface area (Å²) in [6.07, 6.45) is -5.32. The Kier molecular flexibility index (Phi) is 3.55. The van der Waals surface area contributed by atoms with Gasteiger partial charge in [0.25, 0.3) is 0 Å². The average Bonchev–Trinajstić information content (AvgIpc) is 2.31. The van der Waals surface area contributed by atoms with Crippen LogP contribution in [0.1, 0.15) is 31.2 Å². The molecule has 1 N–H and O–H groups in total. The largest absolute Gasteiger partial charge is 0.391 e. The van der Waals surface area contributed by atoms with Crippen molar-refractivity contribution in [2.24, 2.45) is 5.92 Å². The number of aliphatic hydroxyl groups is 1. The molecule has 1 fully saturated rings. The monoisotopic (exact) mass is 280 g/mol. The van der Waals surface area contributed by atoms with Gasteiger partial charge in [0.15, 0.2) is 0 Å². The predicted octanol–water partition coefficient (Wildman–Crippen LogP) is 3.90. The maximum Gasteiger partial charge on any atom is 0.391 e. The summed E-state index contributed by atoms with van der Waals surface area (Å²) in [5, 5.41) is 10.3. The van der Waals surface area contributed by atoms with Crippen molar-refractivity contribution in [2.75, 3.05) is 0 Å². The van der Waals surface area contributed by atoms with Crippen molar-refractivity contribution in [2.45, 2.75) is 37.5 Å². The standard InChI is InChI=1S/C13H13F5O/c14-9-1-2-11(15)10(7-9)12(19)5-3-8(4-6-12)13(16,17)18/h1-2,7-8,19H,3-6H2. The molecule has 6 heteroatoms. The maximum absolute atomic E-state index is 13.6. The van der Waals surface area contributed by atoms with Gasteiger partial charge in [0.05, 0.1) is 11.5 Å². The highest BCUT2D eigenvalue weighted by molar-refractivity contribution is 5.26. The van der Waals surface area contributed by atoms with Crippen LogP contribution in [0.15, 0.2) is 18.2 Å². The van der Waals surface area contributed by atoms with Crippen LogP contribution in [-0.2, 0) is 5.60 Å². The molecule has 0 unspecified atom stereocenters. The van der Waals surface area contributed by atoms with E-state index in [1.54, 1.807) is 0 Å². The molecule has 0 saturated heterocycles. The Hall–Kier alpha value is -1.17. The quantitative estimate of drug-likeness (QED) is 0.773. The van der Waals surface area contributed by atoms with Gasteiger partial charge < -0.3 is 5.11 Å². The van der Waals surface area contributed by atoms with E-state index in [1.807, 2.05) is 0 Å². The number of hydrogen-bond acceptors (Lipinski definition) is 1. The fraction of sp³-hybridized carbons (Fsp3) is 0.538. The third-order valence-corrected chi connectivity index (χ3v) is 3.71. The van der Waals surface area contributed by atoms with Gasteiger partial charge in [0, 0.05) is 5.56 Å². The molecule has 1 nitrogen and oxygen atoms in total. The molecule has 2 rings (SSSR count). The summed E-state index contributed by atoms with van der Waals surface area (Å²) in [7, 11) is 0. The number of benzene rings is 1. The topological polar surface area (TPSA) is 20.2 Å². The summed E-state index contributed by atoms with van der Waals surface area (Å²) < 4.78 is 64.2. The van der Waals surface area contributed by atoms with Crippen LogP contribution >= 0.6 is 0 Å². The normalized spacial score (nSPS) is 28.4. The van der Waals surface area contributed by atoms with Crippen LogP contribution in [0.25, 0.3) is 0 Å². The molecule has 1 saturated carbocycles. The highest BCUT2D eigenvalue weighted by atomic mass is 19.4. The van der Waals surface area contributed by atoms with Gasteiger partial charge in [0.2, 0.25) is 0 Å². The number of hydrogen-bond donors (Lipinski definition) is 1. The zero-order valence-corrected chi connectivity index (χ0v) is 9.97. The van der Waals surface area contributed by atoms with E-state index >= 15 is 0 Å². The molecule has 1 aliphatic rings. The molecule has 0 aliphatic heterocycles. The van der Waals surface area contributed by atoms with Gasteiger partial charge in [-0.2, -0.15) is 13.2 Å². The molecule has 0 spiro atoms. The van der Waals surface area contributed by atoms with Crippen LogP contribution in [0.5, 0.6) is 0 Å². The third kappa shape index (κ3) is 2.88. The fourth-order valence-electron chi connectivity index (χ4n) is 2.55. The van der Waals surface area contributed by atoms with Crippen LogP contribution in [-0.4, -0.2) is 11.3 Å². The second-order valence-electron chi connectivity index (χ2n) is 4.97. The molecular weight excluding hydrogens is 267 g/mol. The van der Waals surface area contributed by atoms with Crippen molar-refractivity contribution in [3.05, 3.63) is 35.4 Å². The second-order valence-corrected chi connectivity index (χ2v) is 4.97. The maximum atomic E-state index is 13.6. The summed E-state index contributed by atoms with van der Waals surface area (Å²) in [6.45, 7) is 0. The first-order chi connectivity index (χ1) is 8.72. The van der Waals surface area contributed by atoms with Crippen LogP contribution < -0.4 is 0 Å². The third-order valence-electron chi connectivity index (χ3n) is 3.71. The summed E-state index contributed by atoms with van der Waals surface area (Å²) in [4.78, 5) is 0. The van der Waals surface area contributed by atoms with Gasteiger partial charge in [-0.05, 0) is 43.9 Å². The summed E-state index contributed by atoms with van der Waals surface area (Å²) in [5.74, 6) is -3.00. The van der Waals surface area contributed by atoms with Crippen molar-refractivity contribution in [3.8, 4) is 0 Å². The lowest BCUT2D eigenvalue weighted by atomic mass is 9.75. The molecule has 0 atom stereocenters. The first-order valence-corrected chi connectivity index (χ1v) is 5.97. The predicted molar refractivity (Wildman–Crippen MR) is 58.3 cm³/mol. The van der Waals surface area contributed by atoms with E-state index in [9.17, 15) is 27.1 Å². The second kappa shape index (κ2) is 4.74. The van der Waals surface area contributed by atoms with Crippen molar-refractivity contribution in [1.29, 1.82) is 0 Å². The highest BCUT2D eigenvalue weighted by Crippen LogP contribution is 2.45. The lowest BCUT2D eigenvalue weighted by Crippen LogP contribution is -2.37. The van der Waals surface area contributed by atoms with Gasteiger partial charge >= 0.3 is 6.18 Å². The first kappa shape index (κ1) is 14.2. The molecular formula is C13H13F5O. The van der Waals surface area contributed by atoms with Gasteiger partial charge in [-0.15, -0.1) is 0 Å². The van der Waals surface area contributed by atoms with Gasteiger partial charge in [-0.1, -0.05) is 0 Å². The zero-order valence-electron chi connectivity index (χ0n) is 9.97. The Balaban J connectivity index is 2.20. The van der Waals surface area contributed by atoms with E-state index in [0.717, 1.165) is 18.2 Å². The minimum atomic E-state index is -4.30. The van der Waals surface area contributed by atoms with E-state index in [2.05, 4.69) is 0 Å². The lowest BCUT2D eigenvalue weighted by Gasteiger charge is -2.37. The SMILES string of the molecule is OC1(c2cc(F)ccc2F)CCC(C(F)(F)F)CC1. The number of alkyl halides is 3. The van der Waals surface area contributed by atoms with Crippen molar-refractivity contribution >= 4 is 0 Å². The molecule has 106 valence electrons. The van der Waals surface area contributed by atoms with Crippen molar-refractivity contribution in [3.63, 3.8) is 0 Å². The molecule has 19 heavy (non-hydrogen) atoms. The van der Waals surface area contributed by atoms with E-state index in [0.29, 0.717) is 0 Å². The van der Waals surface area contributed by atoms with Gasteiger partial charge in [0.1, 0.15) is 11.6 Å². The van der Waals surface area contributed by atoms with Gasteiger partial charge in [-0.3, -0.25) is 0 Å². The molecule has 0 heterocycles. The Bertz CT molecular complexity index is 461. The zero-order chi connectivity index (χ0) is 14.3. The summed E-state index contributed by atoms with van der Waals surface area (Å²) >= 11 is 0.